The molecule has 3 N–H and O–H groups in total. The first-order chi connectivity index (χ1) is 12.8. The highest BCUT2D eigenvalue weighted by Crippen LogP contribution is 2.42. The zero-order valence-electron chi connectivity index (χ0n) is 16.4. The van der Waals surface area contributed by atoms with Crippen LogP contribution in [-0.2, 0) is 0 Å². The molecule has 0 bridgehead atoms. The summed E-state index contributed by atoms with van der Waals surface area (Å²) in [5, 5.41) is 21.6. The van der Waals surface area contributed by atoms with Crippen molar-refractivity contribution >= 4 is 18.7 Å². The molecule has 4 heteroatoms. The van der Waals surface area contributed by atoms with Crippen LogP contribution in [0.25, 0.3) is 0 Å². The van der Waals surface area contributed by atoms with Crippen molar-refractivity contribution in [3.8, 4) is 0 Å². The molecule has 2 aromatic rings. The first-order valence-corrected chi connectivity index (χ1v) is 12.0. The minimum atomic E-state index is -2.96. The summed E-state index contributed by atoms with van der Waals surface area (Å²) in [7, 11) is -2.96. The Morgan fingerprint density at radius 3 is 1.85 bits per heavy atom. The number of aliphatic hydroxyl groups is 2. The molecule has 1 fully saturated rings. The molecule has 3 atom stereocenters. The first-order valence-electron chi connectivity index (χ1n) is 10.0. The summed E-state index contributed by atoms with van der Waals surface area (Å²) in [5.74, 6) is 0.410. The second kappa shape index (κ2) is 8.27. The molecule has 2 aromatic carbocycles. The molecule has 0 spiro atoms. The Morgan fingerprint density at radius 1 is 0.852 bits per heavy atom. The second-order valence-electron chi connectivity index (χ2n) is 8.68. The maximum Gasteiger partial charge on any atom is 0.258 e. The highest BCUT2D eigenvalue weighted by Gasteiger charge is 2.49. The molecule has 3 nitrogen and oxygen atoms in total. The van der Waals surface area contributed by atoms with Crippen LogP contribution < -0.4 is 10.4 Å². The minimum absolute atomic E-state index is 0.253. The summed E-state index contributed by atoms with van der Waals surface area (Å²) in [4.78, 5) is 12.2. The molecule has 0 aliphatic heterocycles. The normalized spacial score (nSPS) is 24.0. The summed E-state index contributed by atoms with van der Waals surface area (Å²) in [6, 6.07) is 20.2. The standard InChI is InChI=1S/C23H32O3Si/c1-23(2,16-15-18-13-14-21(24)22(25)17-18)27(26,19-9-5-3-6-10-19)20-11-7-4-8-12-20/h3-12,18,21-22,24-26H,13-17H2,1-2H3/t18?,21-,22+/m1/s1. The summed E-state index contributed by atoms with van der Waals surface area (Å²) in [5.41, 5.74) is 0. The average molecular weight is 385 g/mol. The predicted molar refractivity (Wildman–Crippen MR) is 113 cm³/mol. The maximum atomic E-state index is 12.2. The van der Waals surface area contributed by atoms with Crippen molar-refractivity contribution in [3.05, 3.63) is 60.7 Å². The van der Waals surface area contributed by atoms with Crippen molar-refractivity contribution in [3.63, 3.8) is 0 Å². The summed E-state index contributed by atoms with van der Waals surface area (Å²) >= 11 is 0. The van der Waals surface area contributed by atoms with Crippen molar-refractivity contribution in [1.82, 2.24) is 0 Å². The van der Waals surface area contributed by atoms with Gasteiger partial charge in [-0.15, -0.1) is 0 Å². The number of aliphatic hydroxyl groups excluding tert-OH is 2. The molecule has 0 saturated heterocycles. The Bertz CT molecular complexity index is 677. The van der Waals surface area contributed by atoms with Gasteiger partial charge in [-0.2, -0.15) is 0 Å². The number of hydrogen-bond donors (Lipinski definition) is 3. The van der Waals surface area contributed by atoms with Gasteiger partial charge in [0.2, 0.25) is 0 Å². The lowest BCUT2D eigenvalue weighted by Gasteiger charge is -2.42. The summed E-state index contributed by atoms with van der Waals surface area (Å²) < 4.78 is 0. The van der Waals surface area contributed by atoms with Gasteiger partial charge in [0.1, 0.15) is 0 Å². The third-order valence-electron chi connectivity index (χ3n) is 6.43. The van der Waals surface area contributed by atoms with Gasteiger partial charge in [0, 0.05) is 0 Å². The van der Waals surface area contributed by atoms with Gasteiger partial charge in [0.05, 0.1) is 12.2 Å². The van der Waals surface area contributed by atoms with Gasteiger partial charge in [0.25, 0.3) is 8.32 Å². The number of benzene rings is 2. The fourth-order valence-electron chi connectivity index (χ4n) is 4.53. The Kier molecular flexibility index (Phi) is 6.21. The third kappa shape index (κ3) is 4.19. The predicted octanol–water partition coefficient (Wildman–Crippen LogP) is 2.82. The fraction of sp³-hybridized carbons (Fsp3) is 0.478. The zero-order valence-corrected chi connectivity index (χ0v) is 17.4. The van der Waals surface area contributed by atoms with E-state index in [4.69, 9.17) is 0 Å². The van der Waals surface area contributed by atoms with Gasteiger partial charge >= 0.3 is 0 Å². The van der Waals surface area contributed by atoms with E-state index in [-0.39, 0.29) is 5.04 Å². The van der Waals surface area contributed by atoms with Gasteiger partial charge in [-0.05, 0) is 47.0 Å². The van der Waals surface area contributed by atoms with E-state index >= 15 is 0 Å². The van der Waals surface area contributed by atoms with Crippen LogP contribution in [0.5, 0.6) is 0 Å². The van der Waals surface area contributed by atoms with Crippen molar-refractivity contribution in [2.45, 2.75) is 63.2 Å². The molecule has 1 saturated carbocycles. The largest absolute Gasteiger partial charge is 0.424 e. The van der Waals surface area contributed by atoms with E-state index in [0.717, 1.165) is 29.6 Å². The lowest BCUT2D eigenvalue weighted by molar-refractivity contribution is -0.0270. The van der Waals surface area contributed by atoms with Crippen LogP contribution in [0.15, 0.2) is 60.7 Å². The SMILES string of the molecule is CC(C)(CCC1CC[C@@H](O)[C@@H](O)C1)[Si](O)(c1ccccc1)c1ccccc1. The van der Waals surface area contributed by atoms with Crippen LogP contribution in [0.3, 0.4) is 0 Å². The zero-order chi connectivity index (χ0) is 19.5. The lowest BCUT2D eigenvalue weighted by atomic mass is 9.81. The van der Waals surface area contributed by atoms with Crippen LogP contribution in [0.2, 0.25) is 5.04 Å². The molecular weight excluding hydrogens is 352 g/mol. The van der Waals surface area contributed by atoms with Gasteiger partial charge in [-0.3, -0.25) is 0 Å². The van der Waals surface area contributed by atoms with E-state index in [1.54, 1.807) is 0 Å². The van der Waals surface area contributed by atoms with Gasteiger partial charge in [-0.25, -0.2) is 0 Å². The molecule has 146 valence electrons. The van der Waals surface area contributed by atoms with Crippen LogP contribution in [0, 0.1) is 5.92 Å². The fourth-order valence-corrected chi connectivity index (χ4v) is 8.28. The van der Waals surface area contributed by atoms with Gasteiger partial charge < -0.3 is 15.0 Å². The molecule has 3 rings (SSSR count). The topological polar surface area (TPSA) is 60.7 Å². The molecule has 0 aromatic heterocycles. The van der Waals surface area contributed by atoms with E-state index in [9.17, 15) is 15.0 Å². The molecule has 1 aliphatic carbocycles. The molecule has 0 radical (unpaired) electrons. The average Bonchev–Trinajstić information content (AvgIpc) is 2.69. The lowest BCUT2D eigenvalue weighted by Crippen LogP contribution is -2.65. The Balaban J connectivity index is 1.85. The summed E-state index contributed by atoms with van der Waals surface area (Å²) in [6.45, 7) is 4.38. The Hall–Kier alpha value is -1.46. The number of hydrogen-bond acceptors (Lipinski definition) is 3. The molecule has 0 amide bonds. The van der Waals surface area contributed by atoms with Gasteiger partial charge in [-0.1, -0.05) is 80.9 Å². The van der Waals surface area contributed by atoms with E-state index in [2.05, 4.69) is 38.1 Å². The highest BCUT2D eigenvalue weighted by atomic mass is 28.4. The van der Waals surface area contributed by atoms with Crippen molar-refractivity contribution in [2.75, 3.05) is 0 Å². The third-order valence-corrected chi connectivity index (χ3v) is 11.0. The van der Waals surface area contributed by atoms with E-state index < -0.39 is 20.5 Å². The monoisotopic (exact) mass is 384 g/mol. The van der Waals surface area contributed by atoms with Gasteiger partial charge in [0.15, 0.2) is 0 Å². The highest BCUT2D eigenvalue weighted by molar-refractivity contribution is 6.98. The smallest absolute Gasteiger partial charge is 0.258 e. The van der Waals surface area contributed by atoms with Crippen molar-refractivity contribution in [2.24, 2.45) is 5.92 Å². The molecule has 27 heavy (non-hydrogen) atoms. The van der Waals surface area contributed by atoms with Crippen molar-refractivity contribution in [1.29, 1.82) is 0 Å². The second-order valence-corrected chi connectivity index (χ2v) is 12.6. The van der Waals surface area contributed by atoms with E-state index in [1.165, 1.54) is 0 Å². The van der Waals surface area contributed by atoms with E-state index in [0.29, 0.717) is 18.8 Å². The Morgan fingerprint density at radius 2 is 1.37 bits per heavy atom. The molecule has 0 heterocycles. The van der Waals surface area contributed by atoms with E-state index in [1.807, 2.05) is 36.4 Å². The molecule has 1 unspecified atom stereocenters. The quantitative estimate of drug-likeness (QED) is 0.671. The van der Waals surface area contributed by atoms with Crippen LogP contribution in [-0.4, -0.2) is 35.5 Å². The number of rotatable bonds is 6. The maximum absolute atomic E-state index is 12.2. The van der Waals surface area contributed by atoms with Crippen LogP contribution in [0.4, 0.5) is 0 Å². The molecular formula is C23H32O3Si. The summed E-state index contributed by atoms with van der Waals surface area (Å²) in [6.07, 6.45) is 2.96. The Labute approximate surface area is 163 Å². The first kappa shape index (κ1) is 20.3. The van der Waals surface area contributed by atoms with Crippen molar-refractivity contribution < 1.29 is 15.0 Å². The molecule has 1 aliphatic rings. The van der Waals surface area contributed by atoms with Crippen LogP contribution in [0.1, 0.15) is 46.0 Å². The minimum Gasteiger partial charge on any atom is -0.424 e. The van der Waals surface area contributed by atoms with Crippen LogP contribution >= 0.6 is 0 Å².